The van der Waals surface area contributed by atoms with Crippen LogP contribution in [0.25, 0.3) is 0 Å². The molecule has 0 aliphatic carbocycles. The van der Waals surface area contributed by atoms with E-state index >= 15 is 0 Å². The Bertz CT molecular complexity index is 129. The molecule has 0 aliphatic heterocycles. The second kappa shape index (κ2) is 9.48. The minimum atomic E-state index is 0.0460. The second-order valence-corrected chi connectivity index (χ2v) is 2.91. The predicted molar refractivity (Wildman–Crippen MR) is 52.5 cm³/mol. The third kappa shape index (κ3) is 9.30. The maximum Gasteiger partial charge on any atom is 0.233 e. The van der Waals surface area contributed by atoms with Gasteiger partial charge in [-0.25, -0.2) is 0 Å². The topological polar surface area (TPSA) is 61.4 Å². The highest BCUT2D eigenvalue weighted by Crippen LogP contribution is 1.91. The van der Waals surface area contributed by atoms with Crippen molar-refractivity contribution in [2.24, 2.45) is 0 Å². The first-order valence-electron chi connectivity index (χ1n) is 4.89. The minimum Gasteiger partial charge on any atom is -0.396 e. The molecular weight excluding hydrogens is 168 g/mol. The molecule has 0 fully saturated rings. The third-order valence-electron chi connectivity index (χ3n) is 1.67. The van der Waals surface area contributed by atoms with Crippen LogP contribution in [0.1, 0.15) is 26.2 Å². The van der Waals surface area contributed by atoms with Crippen LogP contribution in [0.2, 0.25) is 0 Å². The molecule has 78 valence electrons. The molecule has 3 N–H and O–H groups in total. The highest BCUT2D eigenvalue weighted by molar-refractivity contribution is 5.77. The number of carbonyl (C=O) groups is 1. The Kier molecular flexibility index (Phi) is 9.03. The predicted octanol–water partition coefficient (Wildman–Crippen LogP) is -0.125. The summed E-state index contributed by atoms with van der Waals surface area (Å²) in [7, 11) is 0. The Balaban J connectivity index is 3.02. The van der Waals surface area contributed by atoms with E-state index in [9.17, 15) is 4.79 Å². The van der Waals surface area contributed by atoms with Crippen molar-refractivity contribution < 1.29 is 9.90 Å². The summed E-state index contributed by atoms with van der Waals surface area (Å²) >= 11 is 0. The Morgan fingerprint density at radius 3 is 2.69 bits per heavy atom. The van der Waals surface area contributed by atoms with Crippen molar-refractivity contribution in [3.8, 4) is 0 Å². The normalized spacial score (nSPS) is 10.0. The lowest BCUT2D eigenvalue weighted by Gasteiger charge is -2.03. The maximum absolute atomic E-state index is 10.9. The van der Waals surface area contributed by atoms with Crippen LogP contribution in [-0.2, 0) is 4.79 Å². The lowest BCUT2D eigenvalue weighted by atomic mass is 10.2. The number of aliphatic hydroxyl groups excluding tert-OH is 1. The molecular formula is C9H20N2O2. The van der Waals surface area contributed by atoms with Crippen LogP contribution in [-0.4, -0.2) is 37.3 Å². The summed E-state index contributed by atoms with van der Waals surface area (Å²) in [6.45, 7) is 4.09. The quantitative estimate of drug-likeness (QED) is 0.465. The van der Waals surface area contributed by atoms with Gasteiger partial charge in [-0.2, -0.15) is 0 Å². The average Bonchev–Trinajstić information content (AvgIpc) is 2.11. The molecule has 0 heterocycles. The summed E-state index contributed by atoms with van der Waals surface area (Å²) < 4.78 is 0. The van der Waals surface area contributed by atoms with Crippen LogP contribution in [0.15, 0.2) is 0 Å². The van der Waals surface area contributed by atoms with Gasteiger partial charge in [-0.1, -0.05) is 0 Å². The molecule has 1 amide bonds. The number of amides is 1. The highest BCUT2D eigenvalue weighted by Gasteiger charge is 1.96. The van der Waals surface area contributed by atoms with Crippen molar-refractivity contribution in [3.05, 3.63) is 0 Å². The largest absolute Gasteiger partial charge is 0.396 e. The molecule has 0 saturated heterocycles. The van der Waals surface area contributed by atoms with Crippen LogP contribution in [0.5, 0.6) is 0 Å². The van der Waals surface area contributed by atoms with E-state index in [0.29, 0.717) is 13.1 Å². The molecule has 0 rings (SSSR count). The Morgan fingerprint density at radius 2 is 2.08 bits per heavy atom. The number of unbranched alkanes of at least 4 members (excludes halogenated alkanes) is 2. The van der Waals surface area contributed by atoms with Crippen molar-refractivity contribution in [2.75, 3.05) is 26.2 Å². The fourth-order valence-electron chi connectivity index (χ4n) is 1.00. The van der Waals surface area contributed by atoms with E-state index < -0.39 is 0 Å². The molecule has 0 atom stereocenters. The maximum atomic E-state index is 10.9. The first-order valence-corrected chi connectivity index (χ1v) is 4.89. The van der Waals surface area contributed by atoms with Gasteiger partial charge in [0.1, 0.15) is 0 Å². The van der Waals surface area contributed by atoms with Gasteiger partial charge in [0.25, 0.3) is 0 Å². The van der Waals surface area contributed by atoms with Gasteiger partial charge in [0.15, 0.2) is 0 Å². The Morgan fingerprint density at radius 1 is 1.31 bits per heavy atom. The number of likely N-dealkylation sites (N-methyl/N-ethyl adjacent to an activating group) is 1. The molecule has 0 radical (unpaired) electrons. The summed E-state index contributed by atoms with van der Waals surface area (Å²) in [4.78, 5) is 10.9. The fourth-order valence-corrected chi connectivity index (χ4v) is 1.00. The van der Waals surface area contributed by atoms with Crippen molar-refractivity contribution in [1.82, 2.24) is 10.6 Å². The molecule has 13 heavy (non-hydrogen) atoms. The number of aliphatic hydroxyl groups is 1. The number of nitrogens with one attached hydrogen (secondary N) is 2. The van der Waals surface area contributed by atoms with E-state index in [4.69, 9.17) is 5.11 Å². The number of hydrogen-bond acceptors (Lipinski definition) is 3. The SMILES string of the molecule is CCNC(=O)CNCCCCCO. The summed E-state index contributed by atoms with van der Waals surface area (Å²) in [5.74, 6) is 0.0460. The van der Waals surface area contributed by atoms with Crippen LogP contribution >= 0.6 is 0 Å². The summed E-state index contributed by atoms with van der Waals surface area (Å²) in [5.41, 5.74) is 0. The van der Waals surface area contributed by atoms with Crippen LogP contribution in [0, 0.1) is 0 Å². The van der Waals surface area contributed by atoms with Gasteiger partial charge in [0.2, 0.25) is 5.91 Å². The first kappa shape index (κ1) is 12.4. The molecule has 0 bridgehead atoms. The lowest BCUT2D eigenvalue weighted by Crippen LogP contribution is -2.34. The summed E-state index contributed by atoms with van der Waals surface area (Å²) in [6, 6.07) is 0. The molecule has 0 aromatic heterocycles. The van der Waals surface area contributed by atoms with Gasteiger partial charge in [0.05, 0.1) is 6.54 Å². The average molecular weight is 188 g/mol. The standard InChI is InChI=1S/C9H20N2O2/c1-2-11-9(13)8-10-6-4-3-5-7-12/h10,12H,2-8H2,1H3,(H,11,13). The van der Waals surface area contributed by atoms with E-state index in [1.54, 1.807) is 0 Å². The van der Waals surface area contributed by atoms with Crippen LogP contribution in [0.3, 0.4) is 0 Å². The van der Waals surface area contributed by atoms with Crippen molar-refractivity contribution >= 4 is 5.91 Å². The Labute approximate surface area is 79.7 Å². The molecule has 0 aromatic carbocycles. The zero-order valence-electron chi connectivity index (χ0n) is 8.31. The molecule has 4 heteroatoms. The van der Waals surface area contributed by atoms with Gasteiger partial charge in [-0.3, -0.25) is 4.79 Å². The van der Waals surface area contributed by atoms with Crippen LogP contribution < -0.4 is 10.6 Å². The number of rotatable bonds is 8. The molecule has 0 aliphatic rings. The van der Waals surface area contributed by atoms with Crippen LogP contribution in [0.4, 0.5) is 0 Å². The molecule has 0 aromatic rings. The molecule has 0 saturated carbocycles. The van der Waals surface area contributed by atoms with E-state index in [1.165, 1.54) is 0 Å². The summed E-state index contributed by atoms with van der Waals surface area (Å²) in [6.07, 6.45) is 2.88. The molecule has 0 unspecified atom stereocenters. The summed E-state index contributed by atoms with van der Waals surface area (Å²) in [5, 5.41) is 14.2. The third-order valence-corrected chi connectivity index (χ3v) is 1.67. The van der Waals surface area contributed by atoms with Gasteiger partial charge in [0, 0.05) is 13.2 Å². The first-order chi connectivity index (χ1) is 6.31. The van der Waals surface area contributed by atoms with Crippen molar-refractivity contribution in [2.45, 2.75) is 26.2 Å². The van der Waals surface area contributed by atoms with Gasteiger partial charge in [-0.15, -0.1) is 0 Å². The molecule has 4 nitrogen and oxygen atoms in total. The van der Waals surface area contributed by atoms with Gasteiger partial charge in [-0.05, 0) is 32.7 Å². The zero-order valence-corrected chi connectivity index (χ0v) is 8.31. The number of carbonyl (C=O) groups excluding carboxylic acids is 1. The fraction of sp³-hybridized carbons (Fsp3) is 0.889. The Hall–Kier alpha value is -0.610. The van der Waals surface area contributed by atoms with Gasteiger partial charge >= 0.3 is 0 Å². The van der Waals surface area contributed by atoms with E-state index in [-0.39, 0.29) is 12.5 Å². The molecule has 0 spiro atoms. The monoisotopic (exact) mass is 188 g/mol. The zero-order chi connectivity index (χ0) is 9.94. The van der Waals surface area contributed by atoms with Gasteiger partial charge < -0.3 is 15.7 Å². The van der Waals surface area contributed by atoms with E-state index in [1.807, 2.05) is 6.92 Å². The van der Waals surface area contributed by atoms with E-state index in [0.717, 1.165) is 25.8 Å². The minimum absolute atomic E-state index is 0.0460. The smallest absolute Gasteiger partial charge is 0.233 e. The van der Waals surface area contributed by atoms with Crippen molar-refractivity contribution in [3.63, 3.8) is 0 Å². The number of hydrogen-bond donors (Lipinski definition) is 3. The highest BCUT2D eigenvalue weighted by atomic mass is 16.2. The lowest BCUT2D eigenvalue weighted by molar-refractivity contribution is -0.120. The van der Waals surface area contributed by atoms with E-state index in [2.05, 4.69) is 10.6 Å². The second-order valence-electron chi connectivity index (χ2n) is 2.91. The van der Waals surface area contributed by atoms with Crippen molar-refractivity contribution in [1.29, 1.82) is 0 Å².